The van der Waals surface area contributed by atoms with E-state index in [1.54, 1.807) is 0 Å². The summed E-state index contributed by atoms with van der Waals surface area (Å²) in [5.74, 6) is 0.757. The Kier molecular flexibility index (Phi) is 6.68. The van der Waals surface area contributed by atoms with Crippen LogP contribution in [0.1, 0.15) is 36.2 Å². The molecule has 0 radical (unpaired) electrons. The fourth-order valence-electron chi connectivity index (χ4n) is 3.19. The van der Waals surface area contributed by atoms with Gasteiger partial charge in [0.05, 0.1) is 0 Å². The Labute approximate surface area is 161 Å². The maximum Gasteiger partial charge on any atom is 0.254 e. The van der Waals surface area contributed by atoms with Gasteiger partial charge in [0, 0.05) is 24.7 Å². The van der Waals surface area contributed by atoms with E-state index in [4.69, 9.17) is 10.5 Å². The molecule has 2 aromatic rings. The molecule has 1 fully saturated rings. The van der Waals surface area contributed by atoms with Crippen molar-refractivity contribution in [2.45, 2.75) is 32.9 Å². The molecule has 1 aliphatic rings. The van der Waals surface area contributed by atoms with Crippen molar-refractivity contribution in [3.05, 3.63) is 65.7 Å². The monoisotopic (exact) mass is 374 g/mol. The highest BCUT2D eigenvalue weighted by Gasteiger charge is 2.35. The molecular weight excluding hydrogens is 348 g/mol. The molecule has 5 heteroatoms. The summed E-state index contributed by atoms with van der Waals surface area (Å²) in [4.78, 5) is 14.8. The van der Waals surface area contributed by atoms with Crippen molar-refractivity contribution in [1.82, 2.24) is 4.90 Å². The summed E-state index contributed by atoms with van der Waals surface area (Å²) in [6.45, 7) is 6.12. The summed E-state index contributed by atoms with van der Waals surface area (Å²) in [5, 5.41) is 0. The Hall–Kier alpha value is -2.04. The van der Waals surface area contributed by atoms with Crippen LogP contribution < -0.4 is 10.5 Å². The number of benzene rings is 2. The van der Waals surface area contributed by atoms with Crippen LogP contribution in [0.2, 0.25) is 0 Å². The summed E-state index contributed by atoms with van der Waals surface area (Å²) in [7, 11) is 0. The molecular formula is C21H27ClN2O2. The average Bonchev–Trinajstić information content (AvgIpc) is 2.63. The predicted molar refractivity (Wildman–Crippen MR) is 107 cm³/mol. The molecule has 3 rings (SSSR count). The number of carbonyl (C=O) groups is 1. The van der Waals surface area contributed by atoms with Crippen molar-refractivity contribution in [1.29, 1.82) is 0 Å². The van der Waals surface area contributed by atoms with Crippen molar-refractivity contribution < 1.29 is 9.53 Å². The number of piperidine rings is 1. The summed E-state index contributed by atoms with van der Waals surface area (Å²) in [6, 6.07) is 17.6. The number of carbonyl (C=O) groups excluding carboxylic acids is 1. The fourth-order valence-corrected chi connectivity index (χ4v) is 3.19. The Bertz CT molecular complexity index is 734. The fraction of sp³-hybridized carbons (Fsp3) is 0.381. The van der Waals surface area contributed by atoms with E-state index in [0.29, 0.717) is 31.0 Å². The number of hydrogen-bond donors (Lipinski definition) is 1. The molecule has 2 aromatic carbocycles. The van der Waals surface area contributed by atoms with Gasteiger partial charge in [-0.3, -0.25) is 4.79 Å². The number of amides is 1. The number of nitrogens with two attached hydrogens (primary N) is 1. The summed E-state index contributed by atoms with van der Waals surface area (Å²) in [5.41, 5.74) is 7.88. The standard InChI is InChI=1S/C21H26N2O2.ClH/c1-21(2)15-23(12-11-19(21)22)20(24)17-9-6-10-18(13-17)25-14-16-7-4-3-5-8-16;/h3-10,13,19H,11-12,14-15,22H2,1-2H3;1H. The van der Waals surface area contributed by atoms with Gasteiger partial charge in [0.1, 0.15) is 12.4 Å². The van der Waals surface area contributed by atoms with Crippen LogP contribution in [0.25, 0.3) is 0 Å². The van der Waals surface area contributed by atoms with Gasteiger partial charge in [0.25, 0.3) is 5.91 Å². The first-order valence-electron chi connectivity index (χ1n) is 8.77. The molecule has 0 bridgehead atoms. The van der Waals surface area contributed by atoms with E-state index in [1.807, 2.05) is 59.5 Å². The van der Waals surface area contributed by atoms with Gasteiger partial charge in [-0.2, -0.15) is 0 Å². The van der Waals surface area contributed by atoms with Gasteiger partial charge in [-0.1, -0.05) is 50.2 Å². The molecule has 0 aromatic heterocycles. The Morgan fingerprint density at radius 2 is 1.92 bits per heavy atom. The lowest BCUT2D eigenvalue weighted by molar-refractivity contribution is 0.0532. The highest BCUT2D eigenvalue weighted by atomic mass is 35.5. The topological polar surface area (TPSA) is 55.6 Å². The van der Waals surface area contributed by atoms with Crippen LogP contribution in [0.5, 0.6) is 5.75 Å². The predicted octanol–water partition coefficient (Wildman–Crippen LogP) is 3.89. The highest BCUT2D eigenvalue weighted by Crippen LogP contribution is 2.29. The van der Waals surface area contributed by atoms with Crippen LogP contribution in [0, 0.1) is 5.41 Å². The number of halogens is 1. The van der Waals surface area contributed by atoms with E-state index < -0.39 is 0 Å². The lowest BCUT2D eigenvalue weighted by Gasteiger charge is -2.42. The van der Waals surface area contributed by atoms with Crippen LogP contribution in [-0.4, -0.2) is 29.9 Å². The van der Waals surface area contributed by atoms with E-state index in [2.05, 4.69) is 13.8 Å². The molecule has 1 unspecified atom stereocenters. The molecule has 0 aliphatic carbocycles. The summed E-state index contributed by atoms with van der Waals surface area (Å²) in [6.07, 6.45) is 0.836. The smallest absolute Gasteiger partial charge is 0.254 e. The van der Waals surface area contributed by atoms with Gasteiger partial charge >= 0.3 is 0 Å². The normalized spacial score (nSPS) is 18.7. The Morgan fingerprint density at radius 3 is 2.62 bits per heavy atom. The lowest BCUT2D eigenvalue weighted by atomic mass is 9.79. The van der Waals surface area contributed by atoms with Gasteiger partial charge in [0.15, 0.2) is 0 Å². The molecule has 1 heterocycles. The maximum atomic E-state index is 12.9. The molecule has 1 aliphatic heterocycles. The number of hydrogen-bond acceptors (Lipinski definition) is 3. The van der Waals surface area contributed by atoms with Crippen LogP contribution in [0.3, 0.4) is 0 Å². The maximum absolute atomic E-state index is 12.9. The zero-order valence-corrected chi connectivity index (χ0v) is 16.2. The first-order chi connectivity index (χ1) is 12.0. The van der Waals surface area contributed by atoms with E-state index in [-0.39, 0.29) is 29.8 Å². The van der Waals surface area contributed by atoms with Crippen molar-refractivity contribution in [3.63, 3.8) is 0 Å². The minimum Gasteiger partial charge on any atom is -0.489 e. The third-order valence-corrected chi connectivity index (χ3v) is 4.93. The van der Waals surface area contributed by atoms with Crippen molar-refractivity contribution in [2.24, 2.45) is 11.1 Å². The Balaban J connectivity index is 0.00000243. The molecule has 1 saturated heterocycles. The first-order valence-corrected chi connectivity index (χ1v) is 8.77. The van der Waals surface area contributed by atoms with Crippen molar-refractivity contribution >= 4 is 18.3 Å². The van der Waals surface area contributed by atoms with Gasteiger partial charge in [-0.25, -0.2) is 0 Å². The van der Waals surface area contributed by atoms with E-state index in [0.717, 1.165) is 12.0 Å². The van der Waals surface area contributed by atoms with E-state index >= 15 is 0 Å². The van der Waals surface area contributed by atoms with Gasteiger partial charge in [-0.15, -0.1) is 12.4 Å². The third kappa shape index (κ3) is 4.77. The molecule has 140 valence electrons. The number of rotatable bonds is 4. The van der Waals surface area contributed by atoms with E-state index in [1.165, 1.54) is 0 Å². The first kappa shape index (κ1) is 20.3. The summed E-state index contributed by atoms with van der Waals surface area (Å²) >= 11 is 0. The molecule has 1 amide bonds. The second-order valence-electron chi connectivity index (χ2n) is 7.41. The number of likely N-dealkylation sites (tertiary alicyclic amines) is 1. The van der Waals surface area contributed by atoms with Crippen LogP contribution in [0.15, 0.2) is 54.6 Å². The number of ether oxygens (including phenoxy) is 1. The molecule has 26 heavy (non-hydrogen) atoms. The van der Waals surface area contributed by atoms with Gasteiger partial charge in [0.2, 0.25) is 0 Å². The molecule has 1 atom stereocenters. The van der Waals surface area contributed by atoms with Crippen molar-refractivity contribution in [3.8, 4) is 5.75 Å². The van der Waals surface area contributed by atoms with Crippen LogP contribution in [0.4, 0.5) is 0 Å². The zero-order chi connectivity index (χ0) is 17.9. The third-order valence-electron chi connectivity index (χ3n) is 4.93. The molecule has 0 saturated carbocycles. The number of nitrogens with zero attached hydrogens (tertiary/aromatic N) is 1. The minimum atomic E-state index is -0.0602. The highest BCUT2D eigenvalue weighted by molar-refractivity contribution is 5.94. The SMILES string of the molecule is CC1(C)CN(C(=O)c2cccc(OCc3ccccc3)c2)CCC1N.Cl. The largest absolute Gasteiger partial charge is 0.489 e. The summed E-state index contributed by atoms with van der Waals surface area (Å²) < 4.78 is 5.84. The molecule has 0 spiro atoms. The van der Waals surface area contributed by atoms with E-state index in [9.17, 15) is 4.79 Å². The van der Waals surface area contributed by atoms with Gasteiger partial charge in [-0.05, 0) is 35.6 Å². The van der Waals surface area contributed by atoms with Crippen molar-refractivity contribution in [2.75, 3.05) is 13.1 Å². The second kappa shape index (κ2) is 8.56. The zero-order valence-electron chi connectivity index (χ0n) is 15.4. The van der Waals surface area contributed by atoms with Crippen LogP contribution in [-0.2, 0) is 6.61 Å². The molecule has 4 nitrogen and oxygen atoms in total. The minimum absolute atomic E-state index is 0. The lowest BCUT2D eigenvalue weighted by Crippen LogP contribution is -2.53. The second-order valence-corrected chi connectivity index (χ2v) is 7.41. The van der Waals surface area contributed by atoms with Crippen LogP contribution >= 0.6 is 12.4 Å². The Morgan fingerprint density at radius 1 is 1.19 bits per heavy atom. The van der Waals surface area contributed by atoms with Gasteiger partial charge < -0.3 is 15.4 Å². The quantitative estimate of drug-likeness (QED) is 0.883. The molecule has 2 N–H and O–H groups in total. The average molecular weight is 375 g/mol.